The fraction of sp³-hybridized carbons (Fsp3) is 1.00. The normalized spacial score (nSPS) is 9.67. The number of hydrogen-bond donors (Lipinski definition) is 0. The van der Waals surface area contributed by atoms with Crippen molar-refractivity contribution in [3.63, 3.8) is 0 Å². The summed E-state index contributed by atoms with van der Waals surface area (Å²) >= 11 is 1.45. The minimum atomic E-state index is -6.00. The van der Waals surface area contributed by atoms with Gasteiger partial charge in [-0.05, 0) is 0 Å². The quantitative estimate of drug-likeness (QED) is 0.375. The van der Waals surface area contributed by atoms with Crippen LogP contribution in [0.3, 0.4) is 0 Å². The third-order valence-corrected chi connectivity index (χ3v) is 1.46. The average Bonchev–Trinajstić information content (AvgIpc) is 2.13. The van der Waals surface area contributed by atoms with Crippen molar-refractivity contribution in [1.82, 2.24) is 0 Å². The van der Waals surface area contributed by atoms with Gasteiger partial charge in [0.25, 0.3) is 0 Å². The zero-order chi connectivity index (χ0) is 12.7. The first-order valence-corrected chi connectivity index (χ1v) is 5.46. The summed E-state index contributed by atoms with van der Waals surface area (Å²) in [5, 5.41) is 0. The van der Waals surface area contributed by atoms with Gasteiger partial charge in [0.2, 0.25) is 0 Å². The van der Waals surface area contributed by atoms with Gasteiger partial charge in [0.15, 0.2) is 0 Å². The van der Waals surface area contributed by atoms with Crippen LogP contribution in [0.15, 0.2) is 0 Å². The van der Waals surface area contributed by atoms with E-state index in [1.165, 1.54) is 60.1 Å². The molecule has 0 nitrogen and oxygen atoms in total. The van der Waals surface area contributed by atoms with Crippen LogP contribution in [0.2, 0.25) is 0 Å². The van der Waals surface area contributed by atoms with Gasteiger partial charge in [0.05, 0.1) is 0 Å². The molecule has 0 aromatic rings. The monoisotopic (exact) mass is 327 g/mol. The van der Waals surface area contributed by atoms with Crippen LogP contribution in [0.4, 0.5) is 20.3 Å². The standard InChI is InChI=1S/C8H18.Ag.BF4.FH/c1-3-5-7-8-6-4-2;;2-1(3,4)5;/h3-8H2,1-2H3;;;1H/q;+1;-1;/p-1. The molecule has 15 heavy (non-hydrogen) atoms. The first kappa shape index (κ1) is 20.8. The maximum absolute atomic E-state index is 9.75. The van der Waals surface area contributed by atoms with Gasteiger partial charge in [-0.15, -0.1) is 0 Å². The van der Waals surface area contributed by atoms with Crippen molar-refractivity contribution in [2.75, 3.05) is 0 Å². The van der Waals surface area contributed by atoms with Crippen molar-refractivity contribution < 1.29 is 41.9 Å². The molecule has 0 heterocycles. The van der Waals surface area contributed by atoms with Gasteiger partial charge in [0, 0.05) is 0 Å². The maximum atomic E-state index is 9.75. The van der Waals surface area contributed by atoms with Crippen molar-refractivity contribution >= 4 is 7.25 Å². The molecule has 0 aromatic carbocycles. The van der Waals surface area contributed by atoms with E-state index in [9.17, 15) is 20.3 Å². The predicted octanol–water partition coefficient (Wildman–Crippen LogP) is 5.08. The zero-order valence-electron chi connectivity index (χ0n) is 9.01. The van der Waals surface area contributed by atoms with Crippen LogP contribution in [0.25, 0.3) is 0 Å². The molecule has 0 spiro atoms. The van der Waals surface area contributed by atoms with Crippen LogP contribution in [-0.4, -0.2) is 7.25 Å². The summed E-state index contributed by atoms with van der Waals surface area (Å²) in [6.07, 6.45) is 8.49. The van der Waals surface area contributed by atoms with E-state index in [0.29, 0.717) is 0 Å². The SMILES string of the molecule is CCCCCCCC.F[B-](F)(F)F.[F][Ag]. The Morgan fingerprint density at radius 3 is 1.07 bits per heavy atom. The Balaban J connectivity index is -0.000000177. The minimum absolute atomic E-state index is 1.36. The van der Waals surface area contributed by atoms with Gasteiger partial charge in [-0.1, -0.05) is 52.4 Å². The van der Waals surface area contributed by atoms with Gasteiger partial charge in [-0.25, -0.2) is 0 Å². The molecular weight excluding hydrogens is 310 g/mol. The Bertz CT molecular complexity index is 87.5. The summed E-state index contributed by atoms with van der Waals surface area (Å²) in [5.74, 6) is 0. The Morgan fingerprint density at radius 1 is 0.733 bits per heavy atom. The molecule has 0 aliphatic heterocycles. The van der Waals surface area contributed by atoms with E-state index in [1.807, 2.05) is 0 Å². The van der Waals surface area contributed by atoms with Crippen LogP contribution in [-0.2, 0) is 21.6 Å². The van der Waals surface area contributed by atoms with Gasteiger partial charge >= 0.3 is 31.9 Å². The third-order valence-electron chi connectivity index (χ3n) is 1.46. The molecule has 7 heteroatoms. The molecule has 0 aromatic heterocycles. The van der Waals surface area contributed by atoms with Crippen LogP contribution in [0.1, 0.15) is 52.4 Å². The molecule has 0 bridgehead atoms. The van der Waals surface area contributed by atoms with Crippen molar-refractivity contribution in [2.24, 2.45) is 0 Å². The zero-order valence-corrected chi connectivity index (χ0v) is 10.5. The summed E-state index contributed by atoms with van der Waals surface area (Å²) in [4.78, 5) is 0. The van der Waals surface area contributed by atoms with E-state index in [0.717, 1.165) is 0 Å². The molecule has 0 fully saturated rings. The van der Waals surface area contributed by atoms with Gasteiger partial charge in [0.1, 0.15) is 0 Å². The van der Waals surface area contributed by atoms with Gasteiger partial charge in [-0.3, -0.25) is 0 Å². The molecule has 0 unspecified atom stereocenters. The van der Waals surface area contributed by atoms with Crippen molar-refractivity contribution in [1.29, 1.82) is 0 Å². The van der Waals surface area contributed by atoms with Crippen molar-refractivity contribution in [2.45, 2.75) is 52.4 Å². The van der Waals surface area contributed by atoms with Crippen molar-refractivity contribution in [3.05, 3.63) is 0 Å². The molecule has 0 radical (unpaired) electrons. The number of rotatable bonds is 5. The fourth-order valence-electron chi connectivity index (χ4n) is 0.854. The van der Waals surface area contributed by atoms with E-state index in [4.69, 9.17) is 0 Å². The predicted molar refractivity (Wildman–Crippen MR) is 50.3 cm³/mol. The molecule has 0 rings (SSSR count). The van der Waals surface area contributed by atoms with E-state index >= 15 is 0 Å². The number of unbranched alkanes of at least 4 members (excludes halogenated alkanes) is 5. The van der Waals surface area contributed by atoms with E-state index in [1.54, 1.807) is 0 Å². The molecule has 0 aliphatic rings. The summed E-state index contributed by atoms with van der Waals surface area (Å²) in [7, 11) is -6.00. The van der Waals surface area contributed by atoms with E-state index in [-0.39, 0.29) is 0 Å². The van der Waals surface area contributed by atoms with Crippen LogP contribution in [0.5, 0.6) is 0 Å². The Labute approximate surface area is 102 Å². The van der Waals surface area contributed by atoms with E-state index < -0.39 is 7.25 Å². The molecular formula is C8H18AgBF5-. The summed E-state index contributed by atoms with van der Waals surface area (Å²) < 4.78 is 48.3. The number of halogens is 5. The molecule has 0 saturated carbocycles. The summed E-state index contributed by atoms with van der Waals surface area (Å²) in [6.45, 7) is 4.51. The second-order valence-corrected chi connectivity index (χ2v) is 2.91. The first-order valence-electron chi connectivity index (χ1n) is 4.90. The van der Waals surface area contributed by atoms with Gasteiger partial charge in [-0.2, -0.15) is 0 Å². The summed E-state index contributed by atoms with van der Waals surface area (Å²) in [5.41, 5.74) is 0. The fourth-order valence-corrected chi connectivity index (χ4v) is 0.854. The Kier molecular flexibility index (Phi) is 23.4. The van der Waals surface area contributed by atoms with Gasteiger partial charge < -0.3 is 17.3 Å². The van der Waals surface area contributed by atoms with E-state index in [2.05, 4.69) is 13.8 Å². The Morgan fingerprint density at radius 2 is 0.933 bits per heavy atom. The molecule has 0 aliphatic carbocycles. The van der Waals surface area contributed by atoms with Crippen LogP contribution in [0, 0.1) is 0 Å². The first-order chi connectivity index (χ1) is 6.91. The second-order valence-electron chi connectivity index (χ2n) is 2.91. The topological polar surface area (TPSA) is 0 Å². The summed E-state index contributed by atoms with van der Waals surface area (Å²) in [6, 6.07) is 0. The average molecular weight is 328 g/mol. The van der Waals surface area contributed by atoms with Crippen LogP contribution >= 0.6 is 0 Å². The Hall–Kier alpha value is 0.455. The molecule has 0 amide bonds. The van der Waals surface area contributed by atoms with Crippen molar-refractivity contribution in [3.8, 4) is 0 Å². The third kappa shape index (κ3) is 75.4. The molecule has 100 valence electrons. The second kappa shape index (κ2) is 16.9. The van der Waals surface area contributed by atoms with Crippen LogP contribution < -0.4 is 0 Å². The number of hydrogen-bond acceptors (Lipinski definition) is 0. The molecule has 0 atom stereocenters. The molecule has 0 N–H and O–H groups in total. The molecule has 0 saturated heterocycles.